The van der Waals surface area contributed by atoms with Gasteiger partial charge in [-0.05, 0) is 24.3 Å². The smallest absolute Gasteiger partial charge is 0.261 e. The van der Waals surface area contributed by atoms with Crippen molar-refractivity contribution < 1.29 is 27.8 Å². The first kappa shape index (κ1) is 22.6. The van der Waals surface area contributed by atoms with Gasteiger partial charge < -0.3 is 14.6 Å². The van der Waals surface area contributed by atoms with Crippen LogP contribution in [-0.2, 0) is 19.3 Å². The van der Waals surface area contributed by atoms with E-state index in [0.717, 1.165) is 6.26 Å². The molecule has 1 unspecified atom stereocenters. The molecule has 0 saturated heterocycles. The van der Waals surface area contributed by atoms with Gasteiger partial charge in [-0.15, -0.1) is 0 Å². The fourth-order valence-electron chi connectivity index (χ4n) is 3.03. The van der Waals surface area contributed by atoms with E-state index in [1.807, 2.05) is 0 Å². The van der Waals surface area contributed by atoms with Crippen LogP contribution in [0.25, 0.3) is 0 Å². The van der Waals surface area contributed by atoms with Crippen LogP contribution in [0.4, 0.5) is 5.69 Å². The lowest BCUT2D eigenvalue weighted by atomic mass is 10.2. The van der Waals surface area contributed by atoms with Crippen molar-refractivity contribution in [2.75, 3.05) is 25.4 Å². The summed E-state index contributed by atoms with van der Waals surface area (Å²) in [6.07, 6.45) is 1.64. The summed E-state index contributed by atoms with van der Waals surface area (Å²) in [5, 5.41) is 12.6. The van der Waals surface area contributed by atoms with Crippen molar-refractivity contribution in [3.8, 4) is 5.75 Å². The fraction of sp³-hybridized carbons (Fsp3) is 0.200. The van der Waals surface area contributed by atoms with E-state index < -0.39 is 22.0 Å². The van der Waals surface area contributed by atoms with Crippen molar-refractivity contribution in [3.05, 3.63) is 65.0 Å². The quantitative estimate of drug-likeness (QED) is 0.696. The van der Waals surface area contributed by atoms with Gasteiger partial charge in [-0.2, -0.15) is 4.99 Å². The molecule has 0 spiro atoms. The molecule has 31 heavy (non-hydrogen) atoms. The zero-order valence-corrected chi connectivity index (χ0v) is 18.4. The van der Waals surface area contributed by atoms with Crippen LogP contribution in [-0.4, -0.2) is 52.1 Å². The van der Waals surface area contributed by atoms with E-state index in [4.69, 9.17) is 21.1 Å². The van der Waals surface area contributed by atoms with Crippen molar-refractivity contribution in [3.63, 3.8) is 0 Å². The number of ether oxygens (including phenoxy) is 2. The minimum absolute atomic E-state index is 0.00191. The molecule has 0 aliphatic carbocycles. The summed E-state index contributed by atoms with van der Waals surface area (Å²) in [5.41, 5.74) is 0.145. The third-order valence-corrected chi connectivity index (χ3v) is 5.98. The first-order valence-corrected chi connectivity index (χ1v) is 11.2. The number of aromatic hydroxyl groups is 1. The Balaban J connectivity index is 2.15. The number of halogens is 1. The molecule has 3 rings (SSSR count). The highest BCUT2D eigenvalue weighted by molar-refractivity contribution is 7.91. The number of para-hydroxylation sites is 1. The van der Waals surface area contributed by atoms with Crippen LogP contribution >= 0.6 is 11.6 Å². The average Bonchev–Trinajstić information content (AvgIpc) is 2.72. The summed E-state index contributed by atoms with van der Waals surface area (Å²) in [5.74, 6) is -0.837. The monoisotopic (exact) mass is 465 g/mol. The standard InChI is InChI=1S/C20H20ClN3O6S/c1-29-16-11-17(30-2)24(14-9-6-8-13(21)18(14)31(3,27)28)20(22-16)23-19(26)12-7-4-5-10-15(12)25/h4-11,17,25H,1-3H3,(H,22,23,26). The third kappa shape index (κ3) is 4.66. The minimum Gasteiger partial charge on any atom is -0.507 e. The molecule has 0 aromatic heterocycles. The maximum absolute atomic E-state index is 12.8. The minimum atomic E-state index is -3.76. The first-order valence-electron chi connectivity index (χ1n) is 8.91. The van der Waals surface area contributed by atoms with Gasteiger partial charge in [0.05, 0.1) is 23.4 Å². The highest BCUT2D eigenvalue weighted by atomic mass is 35.5. The average molecular weight is 466 g/mol. The number of hydrogen-bond donors (Lipinski definition) is 2. The number of anilines is 1. The van der Waals surface area contributed by atoms with Gasteiger partial charge in [-0.25, -0.2) is 8.42 Å². The van der Waals surface area contributed by atoms with Crippen molar-refractivity contribution in [2.45, 2.75) is 11.1 Å². The molecule has 9 nitrogen and oxygen atoms in total. The van der Waals surface area contributed by atoms with E-state index in [-0.39, 0.29) is 38.8 Å². The maximum atomic E-state index is 12.8. The van der Waals surface area contributed by atoms with E-state index >= 15 is 0 Å². The largest absolute Gasteiger partial charge is 0.507 e. The number of amides is 1. The number of sulfone groups is 1. The lowest BCUT2D eigenvalue weighted by molar-refractivity contribution is 0.0969. The number of phenolic OH excluding ortho intramolecular Hbond substituents is 1. The number of hydrogen-bond acceptors (Lipinski definition) is 8. The Morgan fingerprint density at radius 1 is 1.19 bits per heavy atom. The number of phenols is 1. The molecular formula is C20H20ClN3O6S. The summed E-state index contributed by atoms with van der Waals surface area (Å²) in [4.78, 5) is 18.3. The number of benzene rings is 2. The zero-order chi connectivity index (χ0) is 22.8. The Labute approximate surface area is 184 Å². The van der Waals surface area contributed by atoms with E-state index in [2.05, 4.69) is 10.3 Å². The van der Waals surface area contributed by atoms with E-state index in [1.54, 1.807) is 18.2 Å². The summed E-state index contributed by atoms with van der Waals surface area (Å²) in [7, 11) is -0.971. The van der Waals surface area contributed by atoms with Gasteiger partial charge in [0.25, 0.3) is 5.91 Å². The van der Waals surface area contributed by atoms with Crippen LogP contribution in [0.3, 0.4) is 0 Å². The second kappa shape index (κ2) is 8.96. The van der Waals surface area contributed by atoms with Crippen molar-refractivity contribution in [1.29, 1.82) is 0 Å². The molecule has 0 radical (unpaired) electrons. The van der Waals surface area contributed by atoms with Gasteiger partial charge >= 0.3 is 0 Å². The second-order valence-electron chi connectivity index (χ2n) is 6.47. The summed E-state index contributed by atoms with van der Waals surface area (Å²) >= 11 is 6.20. The Morgan fingerprint density at radius 2 is 1.90 bits per heavy atom. The zero-order valence-electron chi connectivity index (χ0n) is 16.9. The molecule has 11 heteroatoms. The number of guanidine groups is 1. The molecule has 164 valence electrons. The summed E-state index contributed by atoms with van der Waals surface area (Å²) < 4.78 is 35.6. The molecule has 1 aliphatic heterocycles. The Bertz CT molecular complexity index is 1180. The third-order valence-electron chi connectivity index (χ3n) is 4.39. The summed E-state index contributed by atoms with van der Waals surface area (Å²) in [6.45, 7) is 0. The number of carbonyl (C=O) groups excluding carboxylic acids is 1. The van der Waals surface area contributed by atoms with Gasteiger partial charge in [-0.1, -0.05) is 29.8 Å². The van der Waals surface area contributed by atoms with Gasteiger partial charge in [0.15, 0.2) is 16.1 Å². The van der Waals surface area contributed by atoms with Crippen LogP contribution < -0.4 is 10.2 Å². The lowest BCUT2D eigenvalue weighted by Crippen LogP contribution is -2.51. The molecule has 2 aromatic carbocycles. The van der Waals surface area contributed by atoms with Crippen LogP contribution in [0.15, 0.2) is 64.3 Å². The normalized spacial score (nSPS) is 16.4. The second-order valence-corrected chi connectivity index (χ2v) is 8.83. The maximum Gasteiger partial charge on any atom is 0.261 e. The highest BCUT2D eigenvalue weighted by Gasteiger charge is 2.33. The van der Waals surface area contributed by atoms with Crippen LogP contribution in [0.5, 0.6) is 5.75 Å². The van der Waals surface area contributed by atoms with E-state index in [0.29, 0.717) is 0 Å². The van der Waals surface area contributed by atoms with E-state index in [1.165, 1.54) is 49.5 Å². The number of nitrogens with zero attached hydrogens (tertiary/aromatic N) is 2. The molecule has 0 saturated carbocycles. The predicted octanol–water partition coefficient (Wildman–Crippen LogP) is 2.52. The molecule has 1 aliphatic rings. The van der Waals surface area contributed by atoms with E-state index in [9.17, 15) is 18.3 Å². The van der Waals surface area contributed by atoms with Crippen LogP contribution in [0, 0.1) is 0 Å². The molecule has 2 aromatic rings. The van der Waals surface area contributed by atoms with Gasteiger partial charge in [-0.3, -0.25) is 15.0 Å². The molecular weight excluding hydrogens is 446 g/mol. The van der Waals surface area contributed by atoms with Gasteiger partial charge in [0.1, 0.15) is 10.6 Å². The van der Waals surface area contributed by atoms with Crippen molar-refractivity contribution in [1.82, 2.24) is 5.32 Å². The molecule has 1 amide bonds. The molecule has 2 N–H and O–H groups in total. The SMILES string of the molecule is COC1=CC(OC)N(c2cccc(Cl)c2S(C)(=O)=O)C(NC(=O)c2ccccc2O)=N1. The predicted molar refractivity (Wildman–Crippen MR) is 116 cm³/mol. The number of aliphatic imine (C=N–C) groups is 1. The Kier molecular flexibility index (Phi) is 6.54. The number of nitrogens with one attached hydrogen (secondary N) is 1. The Hall–Kier alpha value is -3.08. The number of rotatable bonds is 5. The van der Waals surface area contributed by atoms with Crippen molar-refractivity contribution >= 4 is 39.0 Å². The lowest BCUT2D eigenvalue weighted by Gasteiger charge is -2.35. The topological polar surface area (TPSA) is 118 Å². The van der Waals surface area contributed by atoms with Crippen molar-refractivity contribution in [2.24, 2.45) is 4.99 Å². The van der Waals surface area contributed by atoms with Crippen LogP contribution in [0.2, 0.25) is 5.02 Å². The van der Waals surface area contributed by atoms with Gasteiger partial charge in [0, 0.05) is 19.4 Å². The molecule has 0 bridgehead atoms. The summed E-state index contributed by atoms with van der Waals surface area (Å²) in [6, 6.07) is 10.5. The molecule has 1 atom stereocenters. The fourth-order valence-corrected chi connectivity index (χ4v) is 4.59. The first-order chi connectivity index (χ1) is 14.7. The van der Waals surface area contributed by atoms with Crippen LogP contribution in [0.1, 0.15) is 10.4 Å². The number of carbonyl (C=O) groups is 1. The molecule has 1 heterocycles. The van der Waals surface area contributed by atoms with Gasteiger partial charge in [0.2, 0.25) is 11.8 Å². The Morgan fingerprint density at radius 3 is 2.52 bits per heavy atom. The number of methoxy groups -OCH3 is 2. The molecule has 0 fully saturated rings. The highest BCUT2D eigenvalue weighted by Crippen LogP contribution is 2.35.